The van der Waals surface area contributed by atoms with Crippen LogP contribution in [0.3, 0.4) is 0 Å². The molecule has 1 aliphatic carbocycles. The number of halogens is 1. The number of carbonyl (C=O) groups is 3. The minimum Gasteiger partial charge on any atom is -0.323 e. The van der Waals surface area contributed by atoms with Crippen LogP contribution in [-0.4, -0.2) is 45.6 Å². The van der Waals surface area contributed by atoms with Crippen molar-refractivity contribution in [2.45, 2.75) is 57.2 Å². The summed E-state index contributed by atoms with van der Waals surface area (Å²) in [4.78, 5) is 43.3. The van der Waals surface area contributed by atoms with Gasteiger partial charge in [-0.2, -0.15) is 5.26 Å². The average molecular weight is 484 g/mol. The highest BCUT2D eigenvalue weighted by molar-refractivity contribution is 6.08. The fourth-order valence-electron chi connectivity index (χ4n) is 5.27. The quantitative estimate of drug-likeness (QED) is 0.488. The largest absolute Gasteiger partial charge is 0.323 e. The van der Waals surface area contributed by atoms with Gasteiger partial charge in [-0.3, -0.25) is 19.4 Å². The Morgan fingerprint density at radius 2 is 1.89 bits per heavy atom. The normalized spacial score (nSPS) is 21.3. The Balaban J connectivity index is 1.37. The first-order valence-electron chi connectivity index (χ1n) is 12.2. The van der Waals surface area contributed by atoms with Crippen molar-refractivity contribution < 1.29 is 18.8 Å². The number of pyridine rings is 1. The summed E-state index contributed by atoms with van der Waals surface area (Å²) in [6.07, 6.45) is 3.22. The second kappa shape index (κ2) is 9.27. The molecule has 1 unspecified atom stereocenters. The van der Waals surface area contributed by atoms with Crippen LogP contribution in [0.5, 0.6) is 0 Å². The van der Waals surface area contributed by atoms with Crippen LogP contribution in [0.2, 0.25) is 0 Å². The minimum atomic E-state index is -1.59. The molecule has 1 saturated heterocycles. The predicted molar refractivity (Wildman–Crippen MR) is 133 cm³/mol. The summed E-state index contributed by atoms with van der Waals surface area (Å²) in [5.74, 6) is -0.323. The number of nitriles is 1. The van der Waals surface area contributed by atoms with Crippen LogP contribution in [0.1, 0.15) is 54.1 Å². The van der Waals surface area contributed by atoms with E-state index in [-0.39, 0.29) is 43.3 Å². The van der Waals surface area contributed by atoms with E-state index in [9.17, 15) is 24.0 Å². The van der Waals surface area contributed by atoms with Gasteiger partial charge in [0.25, 0.3) is 0 Å². The molecule has 1 fully saturated rings. The number of benzene rings is 2. The van der Waals surface area contributed by atoms with Crippen LogP contribution in [0.4, 0.5) is 4.39 Å². The standard InChI is InChI=1S/C29H26FN3O3/c1-29(30)15-22(16-31)33(17-29)28(36)9-8-27(35)24-10-11-32-26-7-5-21(14-25(24)26)18-2-3-20-13-23(34)6-4-19(20)12-18/h2-3,5,7,10-12,14,22H,4,6,8-9,13,15,17H2,1H3/t22-,29?/m0/s1. The van der Waals surface area contributed by atoms with Crippen LogP contribution < -0.4 is 0 Å². The van der Waals surface area contributed by atoms with Gasteiger partial charge < -0.3 is 4.90 Å². The number of likely N-dealkylation sites (tertiary alicyclic amines) is 1. The van der Waals surface area contributed by atoms with Crippen molar-refractivity contribution in [3.63, 3.8) is 0 Å². The molecule has 36 heavy (non-hydrogen) atoms. The zero-order valence-electron chi connectivity index (χ0n) is 20.1. The molecule has 5 rings (SSSR count). The summed E-state index contributed by atoms with van der Waals surface area (Å²) >= 11 is 0. The number of hydrogen-bond acceptors (Lipinski definition) is 5. The zero-order valence-corrected chi connectivity index (χ0v) is 20.1. The lowest BCUT2D eigenvalue weighted by Gasteiger charge is -2.19. The maximum Gasteiger partial charge on any atom is 0.224 e. The number of Topliss-reactive ketones (excluding diaryl/α,β-unsaturated/α-hetero) is 2. The summed E-state index contributed by atoms with van der Waals surface area (Å²) in [5, 5.41) is 9.99. The highest BCUT2D eigenvalue weighted by Crippen LogP contribution is 2.32. The SMILES string of the molecule is CC1(F)C[C@@H](C#N)N(C(=O)CCC(=O)c2ccnc3ccc(-c4ccc5c(c4)CCC(=O)C5)cc23)C1. The molecule has 6 nitrogen and oxygen atoms in total. The van der Waals surface area contributed by atoms with Crippen LogP contribution in [0.25, 0.3) is 22.0 Å². The maximum absolute atomic E-state index is 14.4. The summed E-state index contributed by atoms with van der Waals surface area (Å²) in [6, 6.07) is 14.7. The number of alkyl halides is 1. The lowest BCUT2D eigenvalue weighted by Crippen LogP contribution is -2.36. The van der Waals surface area contributed by atoms with Crippen LogP contribution >= 0.6 is 0 Å². The Hall–Kier alpha value is -3.92. The van der Waals surface area contributed by atoms with Gasteiger partial charge in [-0.15, -0.1) is 0 Å². The molecule has 0 N–H and O–H groups in total. The van der Waals surface area contributed by atoms with E-state index in [0.717, 1.165) is 23.1 Å². The first-order valence-corrected chi connectivity index (χ1v) is 12.2. The Morgan fingerprint density at radius 3 is 2.69 bits per heavy atom. The molecule has 3 aromatic rings. The molecule has 2 aromatic carbocycles. The molecule has 182 valence electrons. The highest BCUT2D eigenvalue weighted by atomic mass is 19.1. The van der Waals surface area contributed by atoms with E-state index >= 15 is 0 Å². The number of nitrogens with zero attached hydrogens (tertiary/aromatic N) is 3. The van der Waals surface area contributed by atoms with Crippen molar-refractivity contribution in [2.24, 2.45) is 0 Å². The predicted octanol–water partition coefficient (Wildman–Crippen LogP) is 4.78. The highest BCUT2D eigenvalue weighted by Gasteiger charge is 2.43. The van der Waals surface area contributed by atoms with Gasteiger partial charge in [-0.25, -0.2) is 4.39 Å². The topological polar surface area (TPSA) is 91.1 Å². The number of fused-ring (bicyclic) bond motifs is 2. The number of amides is 1. The molecular formula is C29H26FN3O3. The van der Waals surface area contributed by atoms with Crippen molar-refractivity contribution in [2.75, 3.05) is 6.54 Å². The van der Waals surface area contributed by atoms with Gasteiger partial charge in [-0.05, 0) is 53.8 Å². The van der Waals surface area contributed by atoms with Crippen molar-refractivity contribution >= 4 is 28.4 Å². The molecule has 2 heterocycles. The second-order valence-electron chi connectivity index (χ2n) is 10.00. The van der Waals surface area contributed by atoms with Crippen molar-refractivity contribution in [1.29, 1.82) is 5.26 Å². The Bertz CT molecular complexity index is 1440. The lowest BCUT2D eigenvalue weighted by atomic mass is 9.88. The summed E-state index contributed by atoms with van der Waals surface area (Å²) in [7, 11) is 0. The molecule has 0 saturated carbocycles. The molecule has 0 spiro atoms. The first kappa shape index (κ1) is 23.8. The number of carbonyl (C=O) groups excluding carboxylic acids is 3. The third kappa shape index (κ3) is 4.64. The van der Waals surface area contributed by atoms with E-state index in [4.69, 9.17) is 0 Å². The monoisotopic (exact) mass is 483 g/mol. The molecule has 7 heteroatoms. The number of aromatic nitrogens is 1. The van der Waals surface area contributed by atoms with Gasteiger partial charge in [0.2, 0.25) is 5.91 Å². The first-order chi connectivity index (χ1) is 17.2. The lowest BCUT2D eigenvalue weighted by molar-refractivity contribution is -0.131. The van der Waals surface area contributed by atoms with E-state index in [1.165, 1.54) is 17.4 Å². The smallest absolute Gasteiger partial charge is 0.224 e. The van der Waals surface area contributed by atoms with E-state index in [2.05, 4.69) is 11.1 Å². The molecule has 1 amide bonds. The molecular weight excluding hydrogens is 457 g/mol. The number of ketones is 2. The fourth-order valence-corrected chi connectivity index (χ4v) is 5.27. The van der Waals surface area contributed by atoms with Gasteiger partial charge >= 0.3 is 0 Å². The van der Waals surface area contributed by atoms with E-state index in [1.807, 2.05) is 36.4 Å². The van der Waals surface area contributed by atoms with Crippen LogP contribution in [0.15, 0.2) is 48.7 Å². The molecule has 2 aliphatic rings. The molecule has 0 radical (unpaired) electrons. The zero-order chi connectivity index (χ0) is 25.4. The number of rotatable bonds is 5. The van der Waals surface area contributed by atoms with Gasteiger partial charge in [0.15, 0.2) is 5.78 Å². The van der Waals surface area contributed by atoms with E-state index in [0.29, 0.717) is 29.3 Å². The maximum atomic E-state index is 14.4. The number of aryl methyl sites for hydroxylation is 1. The van der Waals surface area contributed by atoms with Crippen molar-refractivity contribution in [3.05, 3.63) is 65.4 Å². The van der Waals surface area contributed by atoms with Gasteiger partial charge in [0.05, 0.1) is 18.1 Å². The molecule has 1 aromatic heterocycles. The minimum absolute atomic E-state index is 0.0139. The van der Waals surface area contributed by atoms with Crippen LogP contribution in [0, 0.1) is 11.3 Å². The van der Waals surface area contributed by atoms with E-state index < -0.39 is 11.7 Å². The third-order valence-corrected chi connectivity index (χ3v) is 7.17. The Morgan fingerprint density at radius 1 is 1.11 bits per heavy atom. The molecule has 0 bridgehead atoms. The summed E-state index contributed by atoms with van der Waals surface area (Å²) in [6.45, 7) is 1.26. The van der Waals surface area contributed by atoms with Gasteiger partial charge in [0, 0.05) is 49.3 Å². The Kier molecular flexibility index (Phi) is 6.13. The van der Waals surface area contributed by atoms with Crippen molar-refractivity contribution in [1.82, 2.24) is 9.88 Å². The average Bonchev–Trinajstić information content (AvgIpc) is 3.20. The van der Waals surface area contributed by atoms with Gasteiger partial charge in [0.1, 0.15) is 17.5 Å². The van der Waals surface area contributed by atoms with Crippen LogP contribution in [-0.2, 0) is 22.4 Å². The van der Waals surface area contributed by atoms with Crippen molar-refractivity contribution in [3.8, 4) is 17.2 Å². The van der Waals surface area contributed by atoms with Gasteiger partial charge in [-0.1, -0.05) is 24.3 Å². The van der Waals surface area contributed by atoms with E-state index in [1.54, 1.807) is 12.3 Å². The Labute approximate surface area is 208 Å². The number of hydrogen-bond donors (Lipinski definition) is 0. The fraction of sp³-hybridized carbons (Fsp3) is 0.345. The summed E-state index contributed by atoms with van der Waals surface area (Å²) in [5.41, 5.74) is 3.76. The molecule has 2 atom stereocenters. The summed E-state index contributed by atoms with van der Waals surface area (Å²) < 4.78 is 14.4. The molecule has 1 aliphatic heterocycles. The second-order valence-corrected chi connectivity index (χ2v) is 10.00. The third-order valence-electron chi connectivity index (χ3n) is 7.17.